The van der Waals surface area contributed by atoms with Gasteiger partial charge in [-0.2, -0.15) is 0 Å². The summed E-state index contributed by atoms with van der Waals surface area (Å²) in [6, 6.07) is 6.99. The Bertz CT molecular complexity index is 347. The van der Waals surface area contributed by atoms with Crippen LogP contribution in [-0.2, 0) is 0 Å². The summed E-state index contributed by atoms with van der Waals surface area (Å²) in [5.74, 6) is 0.383. The van der Waals surface area contributed by atoms with Gasteiger partial charge in [-0.1, -0.05) is 19.4 Å². The molecule has 3 nitrogen and oxygen atoms in total. The first-order valence-electron chi connectivity index (χ1n) is 5.02. The maximum absolute atomic E-state index is 11.2. The molecule has 3 heteroatoms. The first-order chi connectivity index (χ1) is 7.27. The monoisotopic (exact) mass is 205 g/mol. The smallest absolute Gasteiger partial charge is 0.276 e. The van der Waals surface area contributed by atoms with Gasteiger partial charge in [-0.05, 0) is 31.3 Å². The van der Waals surface area contributed by atoms with Crippen LogP contribution in [0, 0.1) is 0 Å². The number of nitrogens with zero attached hydrogens (tertiary/aromatic N) is 1. The van der Waals surface area contributed by atoms with Crippen molar-refractivity contribution < 1.29 is 9.53 Å². The molecule has 0 saturated heterocycles. The molecule has 0 aliphatic carbocycles. The minimum Gasteiger partial charge on any atom is -0.494 e. The lowest BCUT2D eigenvalue weighted by Gasteiger charge is -2.05. The first-order valence-corrected chi connectivity index (χ1v) is 5.02. The molecule has 1 amide bonds. The Morgan fingerprint density at radius 1 is 1.53 bits per heavy atom. The minimum atomic E-state index is -0.323. The van der Waals surface area contributed by atoms with Gasteiger partial charge >= 0.3 is 0 Å². The summed E-state index contributed by atoms with van der Waals surface area (Å²) in [6.45, 7) is 5.98. The number of amides is 1. The molecule has 0 saturated carbocycles. The van der Waals surface area contributed by atoms with E-state index in [0.29, 0.717) is 17.9 Å². The van der Waals surface area contributed by atoms with Crippen molar-refractivity contribution in [3.8, 4) is 5.75 Å². The van der Waals surface area contributed by atoms with Gasteiger partial charge in [-0.15, -0.1) is 0 Å². The van der Waals surface area contributed by atoms with Crippen LogP contribution in [0.5, 0.6) is 5.75 Å². The maximum Gasteiger partial charge on any atom is 0.276 e. The lowest BCUT2D eigenvalue weighted by molar-refractivity contribution is 0.100. The van der Waals surface area contributed by atoms with Crippen molar-refractivity contribution in [2.75, 3.05) is 6.61 Å². The molecule has 0 radical (unpaired) electrons. The molecular weight excluding hydrogens is 190 g/mol. The van der Waals surface area contributed by atoms with E-state index in [9.17, 15) is 4.79 Å². The molecule has 0 aromatic heterocycles. The highest BCUT2D eigenvalue weighted by atomic mass is 16.5. The summed E-state index contributed by atoms with van der Waals surface area (Å²) in [5.41, 5.74) is 0.513. The van der Waals surface area contributed by atoms with Crippen LogP contribution in [0.3, 0.4) is 0 Å². The Hall–Kier alpha value is -1.64. The summed E-state index contributed by atoms with van der Waals surface area (Å²) in [7, 11) is 0. The van der Waals surface area contributed by atoms with Gasteiger partial charge in [-0.25, -0.2) is 4.99 Å². The zero-order valence-electron chi connectivity index (χ0n) is 8.90. The molecule has 1 rings (SSSR count). The largest absolute Gasteiger partial charge is 0.494 e. The summed E-state index contributed by atoms with van der Waals surface area (Å²) in [5, 5.41) is 0. The van der Waals surface area contributed by atoms with Gasteiger partial charge < -0.3 is 4.74 Å². The maximum atomic E-state index is 11.2. The molecule has 1 aromatic carbocycles. The van der Waals surface area contributed by atoms with Crippen molar-refractivity contribution in [1.29, 1.82) is 0 Å². The Morgan fingerprint density at radius 2 is 2.33 bits per heavy atom. The fourth-order valence-corrected chi connectivity index (χ4v) is 1.14. The number of aliphatic imine (C=N–C) groups is 1. The average molecular weight is 205 g/mol. The summed E-state index contributed by atoms with van der Waals surface area (Å²) in [6.07, 6.45) is 2.10. The molecule has 1 aromatic rings. The molecule has 0 bridgehead atoms. The van der Waals surface area contributed by atoms with Crippen molar-refractivity contribution in [2.24, 2.45) is 4.99 Å². The fraction of sp³-hybridized carbons (Fsp3) is 0.333. The van der Waals surface area contributed by atoms with Crippen LogP contribution in [0.15, 0.2) is 29.3 Å². The first kappa shape index (κ1) is 11.4. The molecule has 0 aliphatic heterocycles. The second kappa shape index (κ2) is 5.96. The average Bonchev–Trinajstić information content (AvgIpc) is 2.29. The van der Waals surface area contributed by atoms with Gasteiger partial charge in [-0.3, -0.25) is 4.79 Å². The van der Waals surface area contributed by atoms with E-state index in [4.69, 9.17) is 4.74 Å². The topological polar surface area (TPSA) is 38.7 Å². The molecule has 80 valence electrons. The molecule has 15 heavy (non-hydrogen) atoms. The molecule has 0 spiro atoms. The Balaban J connectivity index is 2.65. The number of hydrogen-bond donors (Lipinski definition) is 0. The van der Waals surface area contributed by atoms with Crippen LogP contribution in [0.4, 0.5) is 0 Å². The van der Waals surface area contributed by atoms with Gasteiger partial charge in [0, 0.05) is 5.56 Å². The van der Waals surface area contributed by atoms with Crippen LogP contribution in [0.2, 0.25) is 0 Å². The van der Waals surface area contributed by atoms with Crippen LogP contribution in [0.25, 0.3) is 0 Å². The van der Waals surface area contributed by atoms with E-state index in [2.05, 4.69) is 18.6 Å². The highest BCUT2D eigenvalue weighted by Crippen LogP contribution is 2.14. The number of ether oxygens (including phenoxy) is 1. The summed E-state index contributed by atoms with van der Waals surface area (Å²) >= 11 is 0. The van der Waals surface area contributed by atoms with Crippen molar-refractivity contribution in [3.05, 3.63) is 29.8 Å². The molecule has 0 heterocycles. The van der Waals surface area contributed by atoms with Crippen molar-refractivity contribution in [2.45, 2.75) is 19.8 Å². The number of rotatable bonds is 5. The quantitative estimate of drug-likeness (QED) is 0.547. The van der Waals surface area contributed by atoms with Crippen molar-refractivity contribution in [1.82, 2.24) is 0 Å². The van der Waals surface area contributed by atoms with Gasteiger partial charge in [0.1, 0.15) is 5.75 Å². The summed E-state index contributed by atoms with van der Waals surface area (Å²) in [4.78, 5) is 14.6. The zero-order chi connectivity index (χ0) is 11.1. The molecule has 0 N–H and O–H groups in total. The minimum absolute atomic E-state index is 0.323. The van der Waals surface area contributed by atoms with Gasteiger partial charge in [0.2, 0.25) is 0 Å². The van der Waals surface area contributed by atoms with E-state index in [1.807, 2.05) is 6.07 Å². The molecule has 0 unspecified atom stereocenters. The lowest BCUT2D eigenvalue weighted by atomic mass is 10.2. The standard InChI is InChI=1S/C12H15NO2/c1-3-4-8-15-11-7-5-6-10(9-11)12(14)13-2/h5-7,9H,2-4,8H2,1H3. The van der Waals surface area contributed by atoms with Crippen molar-refractivity contribution in [3.63, 3.8) is 0 Å². The van der Waals surface area contributed by atoms with E-state index in [-0.39, 0.29) is 5.91 Å². The third-order valence-corrected chi connectivity index (χ3v) is 1.99. The van der Waals surface area contributed by atoms with Gasteiger partial charge in [0.05, 0.1) is 6.61 Å². The number of carbonyl (C=O) groups is 1. The van der Waals surface area contributed by atoms with Crippen LogP contribution in [-0.4, -0.2) is 19.2 Å². The summed E-state index contributed by atoms with van der Waals surface area (Å²) < 4.78 is 5.47. The van der Waals surface area contributed by atoms with E-state index in [1.54, 1.807) is 18.2 Å². The van der Waals surface area contributed by atoms with Crippen LogP contribution < -0.4 is 4.74 Å². The van der Waals surface area contributed by atoms with Crippen LogP contribution in [0.1, 0.15) is 30.1 Å². The van der Waals surface area contributed by atoms with Gasteiger partial charge in [0.15, 0.2) is 0 Å². The third-order valence-electron chi connectivity index (χ3n) is 1.99. The predicted molar refractivity (Wildman–Crippen MR) is 60.7 cm³/mol. The second-order valence-corrected chi connectivity index (χ2v) is 3.19. The fourth-order valence-electron chi connectivity index (χ4n) is 1.14. The van der Waals surface area contributed by atoms with E-state index in [0.717, 1.165) is 12.8 Å². The van der Waals surface area contributed by atoms with Crippen molar-refractivity contribution >= 4 is 12.6 Å². The lowest BCUT2D eigenvalue weighted by Crippen LogP contribution is -1.99. The number of carbonyl (C=O) groups excluding carboxylic acids is 1. The predicted octanol–water partition coefficient (Wildman–Crippen LogP) is 2.71. The van der Waals surface area contributed by atoms with E-state index >= 15 is 0 Å². The number of hydrogen-bond acceptors (Lipinski definition) is 2. The highest BCUT2D eigenvalue weighted by molar-refractivity contribution is 5.97. The Morgan fingerprint density at radius 3 is 3.00 bits per heavy atom. The van der Waals surface area contributed by atoms with Gasteiger partial charge in [0.25, 0.3) is 5.91 Å². The second-order valence-electron chi connectivity index (χ2n) is 3.19. The zero-order valence-corrected chi connectivity index (χ0v) is 8.90. The molecule has 0 atom stereocenters. The Kier molecular flexibility index (Phi) is 4.54. The van der Waals surface area contributed by atoms with Crippen LogP contribution >= 0.6 is 0 Å². The Labute approximate surface area is 89.8 Å². The number of benzene rings is 1. The SMILES string of the molecule is C=NC(=O)c1cccc(OCCCC)c1. The molecule has 0 fully saturated rings. The number of unbranched alkanes of at least 4 members (excludes halogenated alkanes) is 1. The molecule has 0 aliphatic rings. The van der Waals surface area contributed by atoms with E-state index in [1.165, 1.54) is 0 Å². The normalized spacial score (nSPS) is 9.67. The third kappa shape index (κ3) is 3.54. The molecular formula is C12H15NO2. The highest BCUT2D eigenvalue weighted by Gasteiger charge is 2.03. The van der Waals surface area contributed by atoms with E-state index < -0.39 is 0 Å².